The third kappa shape index (κ3) is 2.54. The van der Waals surface area contributed by atoms with Gasteiger partial charge in [0.15, 0.2) is 5.43 Å². The standard InChI is InChI=1S/C21H12OS3/c22-21-14-4-1-2-5-17(14)25-18-8-7-13(12-15(18)21)16-9-10-20(24-16)19-6-3-11-23-19/h1-12H. The van der Waals surface area contributed by atoms with E-state index < -0.39 is 0 Å². The van der Waals surface area contributed by atoms with Crippen molar-refractivity contribution in [3.8, 4) is 20.2 Å². The summed E-state index contributed by atoms with van der Waals surface area (Å²) in [6.45, 7) is 0. The Morgan fingerprint density at radius 1 is 0.640 bits per heavy atom. The van der Waals surface area contributed by atoms with Crippen molar-refractivity contribution in [2.45, 2.75) is 0 Å². The molecule has 0 N–H and O–H groups in total. The molecular weight excluding hydrogens is 364 g/mol. The summed E-state index contributed by atoms with van der Waals surface area (Å²) in [4.78, 5) is 16.6. The molecule has 5 rings (SSSR count). The highest BCUT2D eigenvalue weighted by Crippen LogP contribution is 2.37. The summed E-state index contributed by atoms with van der Waals surface area (Å²) >= 11 is 5.20. The largest absolute Gasteiger partial charge is 0.289 e. The molecule has 120 valence electrons. The Bertz CT molecular complexity index is 1260. The van der Waals surface area contributed by atoms with Gasteiger partial charge in [0.25, 0.3) is 0 Å². The maximum absolute atomic E-state index is 12.9. The Labute approximate surface area is 156 Å². The van der Waals surface area contributed by atoms with Crippen LogP contribution in [0, 0.1) is 0 Å². The minimum atomic E-state index is 0.126. The third-order valence-corrected chi connectivity index (χ3v) is 7.58. The lowest BCUT2D eigenvalue weighted by molar-refractivity contribution is 1.73. The normalized spacial score (nSPS) is 11.4. The molecule has 0 fully saturated rings. The number of benzene rings is 2. The van der Waals surface area contributed by atoms with Crippen LogP contribution in [0.1, 0.15) is 0 Å². The molecule has 0 bridgehead atoms. The zero-order valence-corrected chi connectivity index (χ0v) is 15.5. The van der Waals surface area contributed by atoms with Gasteiger partial charge in [-0.2, -0.15) is 0 Å². The van der Waals surface area contributed by atoms with Crippen LogP contribution in [0.25, 0.3) is 40.4 Å². The minimum Gasteiger partial charge on any atom is -0.289 e. The molecule has 0 aliphatic rings. The molecule has 0 spiro atoms. The van der Waals surface area contributed by atoms with E-state index in [1.165, 1.54) is 14.6 Å². The van der Waals surface area contributed by atoms with Crippen LogP contribution in [0.4, 0.5) is 0 Å². The second-order valence-corrected chi connectivity index (χ2v) is 8.89. The Hall–Kier alpha value is -2.27. The van der Waals surface area contributed by atoms with Crippen molar-refractivity contribution in [2.24, 2.45) is 0 Å². The van der Waals surface area contributed by atoms with E-state index in [1.54, 1.807) is 34.0 Å². The fourth-order valence-corrected chi connectivity index (χ4v) is 5.89. The molecule has 5 aromatic rings. The summed E-state index contributed by atoms with van der Waals surface area (Å²) in [6.07, 6.45) is 0. The van der Waals surface area contributed by atoms with Crippen molar-refractivity contribution in [2.75, 3.05) is 0 Å². The molecule has 2 aromatic carbocycles. The van der Waals surface area contributed by atoms with Crippen LogP contribution in [-0.4, -0.2) is 0 Å². The lowest BCUT2D eigenvalue weighted by atomic mass is 10.1. The number of hydrogen-bond acceptors (Lipinski definition) is 4. The Kier molecular flexibility index (Phi) is 3.55. The molecule has 0 unspecified atom stereocenters. The van der Waals surface area contributed by atoms with E-state index in [1.807, 2.05) is 30.3 Å². The molecule has 4 heteroatoms. The number of hydrogen-bond donors (Lipinski definition) is 0. The van der Waals surface area contributed by atoms with Crippen molar-refractivity contribution in [1.82, 2.24) is 0 Å². The summed E-state index contributed by atoms with van der Waals surface area (Å²) < 4.78 is 2.09. The van der Waals surface area contributed by atoms with Crippen LogP contribution in [0.3, 0.4) is 0 Å². The van der Waals surface area contributed by atoms with E-state index >= 15 is 0 Å². The molecule has 25 heavy (non-hydrogen) atoms. The van der Waals surface area contributed by atoms with E-state index in [4.69, 9.17) is 0 Å². The van der Waals surface area contributed by atoms with Gasteiger partial charge in [0, 0.05) is 34.8 Å². The van der Waals surface area contributed by atoms with Crippen LogP contribution >= 0.6 is 34.0 Å². The minimum absolute atomic E-state index is 0.126. The van der Waals surface area contributed by atoms with Crippen molar-refractivity contribution in [3.05, 3.63) is 82.3 Å². The quantitative estimate of drug-likeness (QED) is 0.307. The second-order valence-electron chi connectivity index (χ2n) is 5.78. The Morgan fingerprint density at radius 3 is 2.36 bits per heavy atom. The molecule has 1 nitrogen and oxygen atoms in total. The first-order valence-electron chi connectivity index (χ1n) is 7.89. The monoisotopic (exact) mass is 376 g/mol. The van der Waals surface area contributed by atoms with Gasteiger partial charge in [-0.3, -0.25) is 4.79 Å². The summed E-state index contributed by atoms with van der Waals surface area (Å²) in [7, 11) is 0. The van der Waals surface area contributed by atoms with Gasteiger partial charge in [-0.05, 0) is 53.4 Å². The average Bonchev–Trinajstić information content (AvgIpc) is 3.33. The van der Waals surface area contributed by atoms with Crippen LogP contribution in [0.5, 0.6) is 0 Å². The van der Waals surface area contributed by atoms with Crippen molar-refractivity contribution in [1.29, 1.82) is 0 Å². The average molecular weight is 377 g/mol. The lowest BCUT2D eigenvalue weighted by Gasteiger charge is -2.03. The molecule has 0 amide bonds. The Morgan fingerprint density at radius 2 is 1.48 bits per heavy atom. The molecule has 0 aliphatic carbocycles. The summed E-state index contributed by atoms with van der Waals surface area (Å²) in [5, 5.41) is 3.72. The van der Waals surface area contributed by atoms with Crippen LogP contribution in [-0.2, 0) is 0 Å². The van der Waals surface area contributed by atoms with Crippen LogP contribution < -0.4 is 5.43 Å². The maximum atomic E-state index is 12.9. The molecule has 3 heterocycles. The van der Waals surface area contributed by atoms with E-state index in [-0.39, 0.29) is 5.43 Å². The van der Waals surface area contributed by atoms with Gasteiger partial charge in [-0.15, -0.1) is 34.0 Å². The number of thiophene rings is 2. The summed E-state index contributed by atoms with van der Waals surface area (Å²) in [5.74, 6) is 0. The van der Waals surface area contributed by atoms with Gasteiger partial charge in [-0.25, -0.2) is 0 Å². The molecule has 0 radical (unpaired) electrons. The molecule has 0 saturated heterocycles. The summed E-state index contributed by atoms with van der Waals surface area (Å²) in [5.41, 5.74) is 1.24. The Balaban J connectivity index is 1.69. The highest BCUT2D eigenvalue weighted by Gasteiger charge is 2.10. The third-order valence-electron chi connectivity index (χ3n) is 4.23. The van der Waals surface area contributed by atoms with Gasteiger partial charge < -0.3 is 0 Å². The highest BCUT2D eigenvalue weighted by atomic mass is 32.1. The first-order chi connectivity index (χ1) is 12.3. The topological polar surface area (TPSA) is 17.1 Å². The number of rotatable bonds is 2. The fraction of sp³-hybridized carbons (Fsp3) is 0. The van der Waals surface area contributed by atoms with Gasteiger partial charge in [-0.1, -0.05) is 24.3 Å². The first-order valence-corrected chi connectivity index (χ1v) is 10.4. The highest BCUT2D eigenvalue weighted by molar-refractivity contribution is 7.24. The second kappa shape index (κ2) is 5.92. The van der Waals surface area contributed by atoms with E-state index in [0.29, 0.717) is 0 Å². The smallest absolute Gasteiger partial charge is 0.195 e. The van der Waals surface area contributed by atoms with Crippen molar-refractivity contribution in [3.63, 3.8) is 0 Å². The predicted molar refractivity (Wildman–Crippen MR) is 112 cm³/mol. The van der Waals surface area contributed by atoms with E-state index in [9.17, 15) is 4.79 Å². The van der Waals surface area contributed by atoms with Crippen molar-refractivity contribution < 1.29 is 0 Å². The predicted octanol–water partition coefficient (Wildman–Crippen LogP) is 6.87. The zero-order valence-electron chi connectivity index (χ0n) is 13.1. The van der Waals surface area contributed by atoms with Crippen LogP contribution in [0.2, 0.25) is 0 Å². The molecule has 0 saturated carbocycles. The summed E-state index contributed by atoms with van der Waals surface area (Å²) in [6, 6.07) is 22.6. The number of fused-ring (bicyclic) bond motifs is 2. The maximum Gasteiger partial charge on any atom is 0.195 e. The lowest BCUT2D eigenvalue weighted by Crippen LogP contribution is -2.00. The van der Waals surface area contributed by atoms with Gasteiger partial charge in [0.1, 0.15) is 0 Å². The molecule has 0 aliphatic heterocycles. The van der Waals surface area contributed by atoms with Gasteiger partial charge in [0.05, 0.1) is 0 Å². The molecular formula is C21H12OS3. The van der Waals surface area contributed by atoms with E-state index in [2.05, 4.69) is 41.8 Å². The van der Waals surface area contributed by atoms with Gasteiger partial charge >= 0.3 is 0 Å². The van der Waals surface area contributed by atoms with Gasteiger partial charge in [0.2, 0.25) is 0 Å². The van der Waals surface area contributed by atoms with Crippen LogP contribution in [0.15, 0.2) is 76.9 Å². The molecule has 3 aromatic heterocycles. The zero-order chi connectivity index (χ0) is 16.8. The fourth-order valence-electron chi connectivity index (χ4n) is 3.00. The van der Waals surface area contributed by atoms with Crippen molar-refractivity contribution >= 4 is 54.2 Å². The first kappa shape index (κ1) is 15.0. The SMILES string of the molecule is O=c1c2ccccc2sc2ccc(-c3ccc(-c4cccs4)s3)cc12. The van der Waals surface area contributed by atoms with E-state index in [0.717, 1.165) is 25.7 Å². The molecule has 0 atom stereocenters.